The molecule has 1 fully saturated rings. The third kappa shape index (κ3) is 6.29. The van der Waals surface area contributed by atoms with Crippen molar-refractivity contribution in [1.82, 2.24) is 10.2 Å². The van der Waals surface area contributed by atoms with Crippen molar-refractivity contribution in [3.05, 3.63) is 35.4 Å². The van der Waals surface area contributed by atoms with Crippen LogP contribution in [0.5, 0.6) is 0 Å². The minimum absolute atomic E-state index is 0.0131. The van der Waals surface area contributed by atoms with E-state index in [1.54, 1.807) is 24.3 Å². The average molecular weight is 340 g/mol. The number of nitrogens with one attached hydrogen (secondary N) is 1. The lowest BCUT2D eigenvalue weighted by Crippen LogP contribution is -2.46. The van der Waals surface area contributed by atoms with E-state index in [9.17, 15) is 13.2 Å². The van der Waals surface area contributed by atoms with Crippen molar-refractivity contribution in [3.63, 3.8) is 0 Å². The summed E-state index contributed by atoms with van der Waals surface area (Å²) in [7, 11) is -3.11. The Morgan fingerprint density at radius 1 is 1.35 bits per heavy atom. The van der Waals surface area contributed by atoms with E-state index in [2.05, 4.69) is 10.2 Å². The summed E-state index contributed by atoms with van der Waals surface area (Å²) >= 11 is 0. The van der Waals surface area contributed by atoms with Crippen molar-refractivity contribution in [2.75, 3.05) is 39.1 Å². The molecular weight excluding hydrogens is 316 g/mol. The molecule has 1 N–H and O–H groups in total. The number of carbonyl (C=O) groups is 1. The smallest absolute Gasteiger partial charge is 0.251 e. The number of amides is 1. The second-order valence-electron chi connectivity index (χ2n) is 6.06. The number of benzene rings is 1. The first-order valence-electron chi connectivity index (χ1n) is 7.71. The summed E-state index contributed by atoms with van der Waals surface area (Å²) in [6.45, 7) is 5.96. The molecule has 1 aliphatic heterocycles. The topological polar surface area (TPSA) is 75.7 Å². The molecule has 1 saturated heterocycles. The number of sulfone groups is 1. The first-order valence-corrected chi connectivity index (χ1v) is 9.77. The molecule has 0 unspecified atom stereocenters. The van der Waals surface area contributed by atoms with Crippen LogP contribution in [0.1, 0.15) is 22.8 Å². The molecule has 0 radical (unpaired) electrons. The van der Waals surface area contributed by atoms with E-state index in [1.165, 1.54) is 6.26 Å². The van der Waals surface area contributed by atoms with Crippen LogP contribution in [0.15, 0.2) is 24.3 Å². The molecule has 1 aromatic carbocycles. The molecule has 0 aromatic heterocycles. The number of carbonyl (C=O) groups excluding carboxylic acids is 1. The minimum atomic E-state index is -3.11. The van der Waals surface area contributed by atoms with Gasteiger partial charge in [-0.1, -0.05) is 12.1 Å². The highest BCUT2D eigenvalue weighted by Gasteiger charge is 2.16. The second kappa shape index (κ2) is 7.90. The molecule has 128 valence electrons. The van der Waals surface area contributed by atoms with Crippen LogP contribution < -0.4 is 5.32 Å². The van der Waals surface area contributed by atoms with Gasteiger partial charge in [-0.05, 0) is 24.6 Å². The van der Waals surface area contributed by atoms with Crippen molar-refractivity contribution in [1.29, 1.82) is 0 Å². The van der Waals surface area contributed by atoms with E-state index >= 15 is 0 Å². The van der Waals surface area contributed by atoms with Gasteiger partial charge >= 0.3 is 0 Å². The Kier molecular flexibility index (Phi) is 6.15. The summed E-state index contributed by atoms with van der Waals surface area (Å²) in [4.78, 5) is 14.6. The number of hydrogen-bond donors (Lipinski definition) is 1. The highest BCUT2D eigenvalue weighted by Crippen LogP contribution is 2.09. The SMILES string of the molecule is C[C@@H](CN1CCOCC1)NC(=O)c1cccc(CS(C)(=O)=O)c1. The normalized spacial score (nSPS) is 17.7. The third-order valence-corrected chi connectivity index (χ3v) is 4.49. The van der Waals surface area contributed by atoms with Crippen molar-refractivity contribution < 1.29 is 17.9 Å². The molecule has 0 bridgehead atoms. The fourth-order valence-electron chi connectivity index (χ4n) is 2.63. The lowest BCUT2D eigenvalue weighted by molar-refractivity contribution is 0.0342. The maximum absolute atomic E-state index is 12.3. The van der Waals surface area contributed by atoms with E-state index in [4.69, 9.17) is 4.74 Å². The van der Waals surface area contributed by atoms with Crippen LogP contribution in [-0.2, 0) is 20.3 Å². The Bertz CT molecular complexity index is 639. The van der Waals surface area contributed by atoms with Gasteiger partial charge in [-0.15, -0.1) is 0 Å². The molecule has 6 nitrogen and oxygen atoms in total. The monoisotopic (exact) mass is 340 g/mol. The Morgan fingerprint density at radius 3 is 2.70 bits per heavy atom. The van der Waals surface area contributed by atoms with Gasteiger partial charge in [-0.2, -0.15) is 0 Å². The number of morpholine rings is 1. The van der Waals surface area contributed by atoms with Gasteiger partial charge in [-0.25, -0.2) is 8.42 Å². The molecule has 1 amide bonds. The zero-order valence-electron chi connectivity index (χ0n) is 13.6. The fraction of sp³-hybridized carbons (Fsp3) is 0.562. The van der Waals surface area contributed by atoms with E-state index < -0.39 is 9.84 Å². The summed E-state index contributed by atoms with van der Waals surface area (Å²) in [5.41, 5.74) is 1.11. The quantitative estimate of drug-likeness (QED) is 0.824. The molecule has 23 heavy (non-hydrogen) atoms. The Morgan fingerprint density at radius 2 is 2.04 bits per heavy atom. The Labute approximate surface area is 137 Å². The van der Waals surface area contributed by atoms with Crippen LogP contribution in [-0.4, -0.2) is 64.4 Å². The molecule has 0 aliphatic carbocycles. The summed E-state index contributed by atoms with van der Waals surface area (Å²) < 4.78 is 28.0. The standard InChI is InChI=1S/C16H24N2O4S/c1-13(11-18-6-8-22-9-7-18)17-16(19)15-5-3-4-14(10-15)12-23(2,20)21/h3-5,10,13H,6-9,11-12H2,1-2H3,(H,17,19)/t13-/m0/s1. The van der Waals surface area contributed by atoms with Crippen LogP contribution in [0.2, 0.25) is 0 Å². The summed E-state index contributed by atoms with van der Waals surface area (Å²) in [5.74, 6) is -0.238. The Hall–Kier alpha value is -1.44. The number of ether oxygens (including phenoxy) is 1. The summed E-state index contributed by atoms with van der Waals surface area (Å²) in [6.07, 6.45) is 1.18. The van der Waals surface area contributed by atoms with Gasteiger partial charge in [0.2, 0.25) is 0 Å². The summed E-state index contributed by atoms with van der Waals surface area (Å²) in [6, 6.07) is 6.77. The van der Waals surface area contributed by atoms with Crippen molar-refractivity contribution in [3.8, 4) is 0 Å². The molecule has 2 rings (SSSR count). The van der Waals surface area contributed by atoms with Crippen molar-refractivity contribution in [2.45, 2.75) is 18.7 Å². The predicted octanol–water partition coefficient (Wildman–Crippen LogP) is 0.682. The average Bonchev–Trinajstić information content (AvgIpc) is 2.46. The first kappa shape index (κ1) is 17.9. The van der Waals surface area contributed by atoms with Crippen LogP contribution in [0, 0.1) is 0 Å². The maximum atomic E-state index is 12.3. The number of hydrogen-bond acceptors (Lipinski definition) is 5. The molecule has 1 atom stereocenters. The molecule has 1 heterocycles. The number of rotatable bonds is 6. The van der Waals surface area contributed by atoms with Gasteiger partial charge in [0.1, 0.15) is 0 Å². The van der Waals surface area contributed by atoms with Gasteiger partial charge in [0.25, 0.3) is 5.91 Å². The van der Waals surface area contributed by atoms with Crippen LogP contribution in [0.3, 0.4) is 0 Å². The van der Waals surface area contributed by atoms with Gasteiger partial charge in [-0.3, -0.25) is 9.69 Å². The molecular formula is C16H24N2O4S. The van der Waals surface area contributed by atoms with Gasteiger partial charge in [0, 0.05) is 37.5 Å². The maximum Gasteiger partial charge on any atom is 0.251 e. The van der Waals surface area contributed by atoms with E-state index in [0.717, 1.165) is 32.8 Å². The molecule has 0 saturated carbocycles. The van der Waals surface area contributed by atoms with Gasteiger partial charge in [0.15, 0.2) is 9.84 Å². The van der Waals surface area contributed by atoms with Gasteiger partial charge < -0.3 is 10.1 Å². The number of nitrogens with zero attached hydrogens (tertiary/aromatic N) is 1. The lowest BCUT2D eigenvalue weighted by Gasteiger charge is -2.29. The molecule has 0 spiro atoms. The summed E-state index contributed by atoms with van der Waals surface area (Å²) in [5, 5.41) is 2.96. The molecule has 1 aromatic rings. The van der Waals surface area contributed by atoms with Crippen LogP contribution in [0.4, 0.5) is 0 Å². The zero-order chi connectivity index (χ0) is 16.9. The molecule has 1 aliphatic rings. The fourth-order valence-corrected chi connectivity index (χ4v) is 3.41. The third-order valence-electron chi connectivity index (χ3n) is 3.63. The minimum Gasteiger partial charge on any atom is -0.379 e. The largest absolute Gasteiger partial charge is 0.379 e. The Balaban J connectivity index is 1.93. The highest BCUT2D eigenvalue weighted by atomic mass is 32.2. The van der Waals surface area contributed by atoms with E-state index in [-0.39, 0.29) is 17.7 Å². The highest BCUT2D eigenvalue weighted by molar-refractivity contribution is 7.89. The second-order valence-corrected chi connectivity index (χ2v) is 8.20. The lowest BCUT2D eigenvalue weighted by atomic mass is 10.1. The van der Waals surface area contributed by atoms with E-state index in [0.29, 0.717) is 11.1 Å². The predicted molar refractivity (Wildman–Crippen MR) is 89.2 cm³/mol. The molecule has 7 heteroatoms. The first-order chi connectivity index (χ1) is 10.8. The van der Waals surface area contributed by atoms with Crippen LogP contribution in [0.25, 0.3) is 0 Å². The van der Waals surface area contributed by atoms with Crippen molar-refractivity contribution in [2.24, 2.45) is 0 Å². The van der Waals surface area contributed by atoms with Crippen LogP contribution >= 0.6 is 0 Å². The van der Waals surface area contributed by atoms with E-state index in [1.807, 2.05) is 6.92 Å². The van der Waals surface area contributed by atoms with Gasteiger partial charge in [0.05, 0.1) is 19.0 Å². The van der Waals surface area contributed by atoms with Crippen molar-refractivity contribution >= 4 is 15.7 Å². The zero-order valence-corrected chi connectivity index (χ0v) is 14.4.